The zero-order valence-corrected chi connectivity index (χ0v) is 46.4. The topological polar surface area (TPSA) is 146 Å². The molecule has 2 fully saturated rings. The van der Waals surface area contributed by atoms with Crippen molar-refractivity contribution < 1.29 is 9.59 Å². The SMILES string of the molecule is N#Cc1ccc(Cn2cncc2CN(Cc2ccccc2)c2ccc(N3CCN(C(=O)c4ccc(Cl)s4)CC3)cc2)cc1.N#Cc1ccc(Cn2cncc2CNc2ccc(N3CCN(C(=O)c4ccc(Cl)s4)CC3)cc2)cc1. The van der Waals surface area contributed by atoms with E-state index in [-0.39, 0.29) is 11.8 Å². The first-order chi connectivity index (χ1) is 38.6. The van der Waals surface area contributed by atoms with Crippen LogP contribution in [-0.2, 0) is 32.7 Å². The number of imidazole rings is 2. The Kier molecular flexibility index (Phi) is 17.7. The molecule has 0 aliphatic carbocycles. The smallest absolute Gasteiger partial charge is 0.264 e. The molecule has 2 aliphatic heterocycles. The molecular weight excluding hydrogens is 1070 g/mol. The van der Waals surface area contributed by atoms with E-state index in [9.17, 15) is 9.59 Å². The number of nitriles is 2. The Labute approximate surface area is 478 Å². The standard InChI is InChI=1S/C34H31ClN6OS.C27H25ClN6OS/c35-33-15-14-32(43-33)34(42)39-18-16-38(17-19-39)29-10-12-30(13-11-29)40(22-27-4-2-1-3-5-27)24-31-21-37-25-41(31)23-28-8-6-26(20-36)7-9-28;28-26-10-9-25(36-26)27(35)33-13-11-32(12-14-33)23-7-5-22(6-8-23)31-17-24-16-30-19-34(24)18-21-3-1-20(15-29)2-4-21/h1-15,21,25H,16-19,22-24H2;1-10,16,19,31H,11-14,17-18H2. The molecule has 0 radical (unpaired) electrons. The molecule has 5 aromatic carbocycles. The molecule has 6 heterocycles. The predicted molar refractivity (Wildman–Crippen MR) is 316 cm³/mol. The lowest BCUT2D eigenvalue weighted by molar-refractivity contribution is 0.0744. The quantitative estimate of drug-likeness (QED) is 0.0992. The second-order valence-electron chi connectivity index (χ2n) is 19.2. The van der Waals surface area contributed by atoms with Crippen LogP contribution in [0.25, 0.3) is 0 Å². The molecule has 11 rings (SSSR count). The first kappa shape index (κ1) is 54.0. The van der Waals surface area contributed by atoms with E-state index in [1.165, 1.54) is 28.2 Å². The van der Waals surface area contributed by atoms with Crippen molar-refractivity contribution in [2.24, 2.45) is 0 Å². The highest BCUT2D eigenvalue weighted by Gasteiger charge is 2.25. The van der Waals surface area contributed by atoms with E-state index in [1.54, 1.807) is 18.2 Å². The van der Waals surface area contributed by atoms with E-state index in [2.05, 4.69) is 124 Å². The Morgan fingerprint density at radius 2 is 1.00 bits per heavy atom. The first-order valence-corrected chi connectivity index (χ1v) is 28.3. The molecular formula is C61H56Cl2N12O2S2. The van der Waals surface area contributed by atoms with Gasteiger partial charge in [0.1, 0.15) is 0 Å². The average molecular weight is 1120 g/mol. The highest BCUT2D eigenvalue weighted by atomic mass is 35.5. The maximum Gasteiger partial charge on any atom is 0.264 e. The minimum atomic E-state index is 0.0573. The van der Waals surface area contributed by atoms with Crippen LogP contribution in [0.2, 0.25) is 8.67 Å². The third-order valence-electron chi connectivity index (χ3n) is 14.0. The van der Waals surface area contributed by atoms with Crippen molar-refractivity contribution in [1.82, 2.24) is 28.9 Å². The predicted octanol–water partition coefficient (Wildman–Crippen LogP) is 11.8. The molecule has 0 spiro atoms. The molecule has 0 saturated carbocycles. The van der Waals surface area contributed by atoms with Gasteiger partial charge in [0.05, 0.1) is 78.8 Å². The number of piperazine rings is 2. The van der Waals surface area contributed by atoms with Gasteiger partial charge in [-0.25, -0.2) is 9.97 Å². The second kappa shape index (κ2) is 25.8. The van der Waals surface area contributed by atoms with E-state index in [0.717, 1.165) is 78.0 Å². The molecule has 2 saturated heterocycles. The van der Waals surface area contributed by atoms with Crippen LogP contribution in [0.1, 0.15) is 58.5 Å². The summed E-state index contributed by atoms with van der Waals surface area (Å²) in [5.41, 5.74) is 11.5. The number of benzene rings is 5. The van der Waals surface area contributed by atoms with Gasteiger partial charge in [0.15, 0.2) is 0 Å². The number of carbonyl (C=O) groups is 2. The fourth-order valence-electron chi connectivity index (χ4n) is 9.62. The number of thiophene rings is 2. The van der Waals surface area contributed by atoms with Crippen LogP contribution in [-0.4, -0.2) is 93.1 Å². The van der Waals surface area contributed by atoms with Gasteiger partial charge >= 0.3 is 0 Å². The molecule has 79 heavy (non-hydrogen) atoms. The maximum absolute atomic E-state index is 12.8. The molecule has 18 heteroatoms. The lowest BCUT2D eigenvalue weighted by Crippen LogP contribution is -2.48. The third kappa shape index (κ3) is 14.0. The number of amides is 2. The zero-order chi connectivity index (χ0) is 54.5. The first-order valence-electron chi connectivity index (χ1n) is 25.9. The summed E-state index contributed by atoms with van der Waals surface area (Å²) >= 11 is 14.7. The number of aromatic nitrogens is 4. The van der Waals surface area contributed by atoms with Crippen molar-refractivity contribution >= 4 is 80.4 Å². The van der Waals surface area contributed by atoms with Gasteiger partial charge in [-0.05, 0) is 114 Å². The average Bonchev–Trinajstić information content (AvgIpc) is 4.37. The van der Waals surface area contributed by atoms with Crippen LogP contribution in [0.3, 0.4) is 0 Å². The highest BCUT2D eigenvalue weighted by molar-refractivity contribution is 7.18. The van der Waals surface area contributed by atoms with E-state index >= 15 is 0 Å². The lowest BCUT2D eigenvalue weighted by atomic mass is 10.1. The maximum atomic E-state index is 12.8. The van der Waals surface area contributed by atoms with Crippen LogP contribution in [0.15, 0.2) is 177 Å². The van der Waals surface area contributed by atoms with Crippen LogP contribution < -0.4 is 20.0 Å². The fourth-order valence-corrected chi connectivity index (χ4v) is 11.6. The summed E-state index contributed by atoms with van der Waals surface area (Å²) in [6.45, 7) is 9.41. The molecule has 1 N–H and O–H groups in total. The molecule has 2 aliphatic rings. The van der Waals surface area contributed by atoms with Crippen molar-refractivity contribution in [1.29, 1.82) is 10.5 Å². The van der Waals surface area contributed by atoms with Crippen molar-refractivity contribution in [2.45, 2.75) is 32.7 Å². The molecule has 398 valence electrons. The molecule has 9 aromatic rings. The van der Waals surface area contributed by atoms with Crippen LogP contribution in [0.4, 0.5) is 22.7 Å². The summed E-state index contributed by atoms with van der Waals surface area (Å²) in [5, 5.41) is 21.6. The molecule has 0 bridgehead atoms. The number of carbonyl (C=O) groups excluding carboxylic acids is 2. The molecule has 0 atom stereocenters. The Morgan fingerprint density at radius 3 is 1.47 bits per heavy atom. The lowest BCUT2D eigenvalue weighted by Gasteiger charge is -2.36. The zero-order valence-electron chi connectivity index (χ0n) is 43.2. The normalized spacial score (nSPS) is 13.3. The van der Waals surface area contributed by atoms with Gasteiger partial charge in [0.2, 0.25) is 0 Å². The number of rotatable bonds is 16. The summed E-state index contributed by atoms with van der Waals surface area (Å²) in [6, 6.07) is 54.4. The van der Waals surface area contributed by atoms with E-state index in [1.807, 2.05) is 95.5 Å². The van der Waals surface area contributed by atoms with Gasteiger partial charge in [-0.1, -0.05) is 77.8 Å². The van der Waals surface area contributed by atoms with Crippen molar-refractivity contribution in [3.05, 3.63) is 234 Å². The summed E-state index contributed by atoms with van der Waals surface area (Å²) in [7, 11) is 0. The van der Waals surface area contributed by atoms with Gasteiger partial charge in [0.25, 0.3) is 11.8 Å². The number of nitrogens with zero attached hydrogens (tertiary/aromatic N) is 11. The van der Waals surface area contributed by atoms with Crippen LogP contribution >= 0.6 is 45.9 Å². The van der Waals surface area contributed by atoms with Gasteiger partial charge in [-0.3, -0.25) is 9.59 Å². The van der Waals surface area contributed by atoms with Crippen LogP contribution in [0, 0.1) is 22.7 Å². The second-order valence-corrected chi connectivity index (χ2v) is 22.6. The Bertz CT molecular complexity index is 3530. The van der Waals surface area contributed by atoms with Crippen molar-refractivity contribution in [3.63, 3.8) is 0 Å². The number of anilines is 4. The van der Waals surface area contributed by atoms with Crippen molar-refractivity contribution in [2.75, 3.05) is 72.4 Å². The summed E-state index contributed by atoms with van der Waals surface area (Å²) in [4.78, 5) is 46.5. The number of hydrogen-bond donors (Lipinski definition) is 1. The van der Waals surface area contributed by atoms with E-state index in [4.69, 9.17) is 33.7 Å². The van der Waals surface area contributed by atoms with Crippen LogP contribution in [0.5, 0.6) is 0 Å². The van der Waals surface area contributed by atoms with Gasteiger partial charge < -0.3 is 39.0 Å². The molecule has 2 amide bonds. The van der Waals surface area contributed by atoms with Crippen molar-refractivity contribution in [3.8, 4) is 12.1 Å². The minimum absolute atomic E-state index is 0.0573. The Morgan fingerprint density at radius 1 is 0.532 bits per heavy atom. The summed E-state index contributed by atoms with van der Waals surface area (Å²) in [5.74, 6) is 0.117. The molecule has 4 aromatic heterocycles. The number of halogens is 2. The van der Waals surface area contributed by atoms with Gasteiger partial charge in [-0.15, -0.1) is 22.7 Å². The Balaban J connectivity index is 0.000000181. The van der Waals surface area contributed by atoms with Gasteiger partial charge in [0, 0.05) is 107 Å². The monoisotopic (exact) mass is 1120 g/mol. The fraction of sp³-hybridized carbons (Fsp3) is 0.213. The number of nitrogens with one attached hydrogen (secondary N) is 1. The van der Waals surface area contributed by atoms with Gasteiger partial charge in [-0.2, -0.15) is 10.5 Å². The minimum Gasteiger partial charge on any atom is -0.379 e. The molecule has 14 nitrogen and oxygen atoms in total. The van der Waals surface area contributed by atoms with E-state index < -0.39 is 0 Å². The Hall–Kier alpha value is -8.38. The molecule has 0 unspecified atom stereocenters. The highest BCUT2D eigenvalue weighted by Crippen LogP contribution is 2.29. The number of hydrogen-bond acceptors (Lipinski definition) is 12. The summed E-state index contributed by atoms with van der Waals surface area (Å²) in [6.07, 6.45) is 7.50. The third-order valence-corrected chi connectivity index (χ3v) is 16.5. The summed E-state index contributed by atoms with van der Waals surface area (Å²) < 4.78 is 5.55. The largest absolute Gasteiger partial charge is 0.379 e. The van der Waals surface area contributed by atoms with E-state index in [0.29, 0.717) is 81.9 Å².